The Labute approximate surface area is 170 Å². The van der Waals surface area contributed by atoms with Crippen molar-refractivity contribution in [1.82, 2.24) is 10.3 Å². The third-order valence-electron chi connectivity index (χ3n) is 4.60. The lowest BCUT2D eigenvalue weighted by Crippen LogP contribution is -2.27. The summed E-state index contributed by atoms with van der Waals surface area (Å²) in [5.74, 6) is 1.47. The van der Waals surface area contributed by atoms with Crippen LogP contribution in [-0.4, -0.2) is 37.4 Å². The predicted molar refractivity (Wildman–Crippen MR) is 110 cm³/mol. The van der Waals surface area contributed by atoms with Crippen molar-refractivity contribution in [2.45, 2.75) is 32.2 Å². The Morgan fingerprint density at radius 1 is 1.18 bits per heavy atom. The Kier molecular flexibility index (Phi) is 7.70. The van der Waals surface area contributed by atoms with Gasteiger partial charge >= 0.3 is 0 Å². The van der Waals surface area contributed by atoms with E-state index in [9.17, 15) is 10.1 Å². The van der Waals surface area contributed by atoms with Crippen LogP contribution in [0.3, 0.4) is 0 Å². The first kappa shape index (κ1) is 21.6. The maximum Gasteiger partial charge on any atom is 0.230 e. The first-order valence-corrected chi connectivity index (χ1v) is 9.88. The standard InChI is InChI=1S/C21H25N3O3S/c1-13-14(2)17(11-22)21(24-15(13)3)28-12-20(25)23-9-8-16-6-7-18(26-4)19(10-16)27-5/h6-7,10H,8-9,12H2,1-5H3,(H,23,25). The molecule has 0 aliphatic rings. The molecule has 2 rings (SSSR count). The van der Waals surface area contributed by atoms with Crippen molar-refractivity contribution >= 4 is 17.7 Å². The largest absolute Gasteiger partial charge is 0.493 e. The molecule has 6 nitrogen and oxygen atoms in total. The van der Waals surface area contributed by atoms with Gasteiger partial charge in [0.2, 0.25) is 5.91 Å². The highest BCUT2D eigenvalue weighted by molar-refractivity contribution is 8.00. The second-order valence-corrected chi connectivity index (χ2v) is 7.28. The average molecular weight is 400 g/mol. The number of carbonyl (C=O) groups excluding carboxylic acids is 1. The summed E-state index contributed by atoms with van der Waals surface area (Å²) in [6.45, 7) is 6.29. The van der Waals surface area contributed by atoms with E-state index < -0.39 is 0 Å². The first-order valence-electron chi connectivity index (χ1n) is 8.89. The molecule has 1 aromatic carbocycles. The second kappa shape index (κ2) is 10.00. The molecule has 0 bridgehead atoms. The summed E-state index contributed by atoms with van der Waals surface area (Å²) >= 11 is 1.29. The SMILES string of the molecule is COc1ccc(CCNC(=O)CSc2nc(C)c(C)c(C)c2C#N)cc1OC. The van der Waals surface area contributed by atoms with Gasteiger partial charge < -0.3 is 14.8 Å². The number of ether oxygens (including phenoxy) is 2. The number of rotatable bonds is 8. The van der Waals surface area contributed by atoms with Gasteiger partial charge in [0.05, 0.1) is 25.5 Å². The second-order valence-electron chi connectivity index (χ2n) is 6.32. The lowest BCUT2D eigenvalue weighted by molar-refractivity contribution is -0.118. The van der Waals surface area contributed by atoms with E-state index in [4.69, 9.17) is 9.47 Å². The van der Waals surface area contributed by atoms with Gasteiger partial charge in [0.1, 0.15) is 11.1 Å². The van der Waals surface area contributed by atoms with E-state index in [-0.39, 0.29) is 11.7 Å². The topological polar surface area (TPSA) is 84.2 Å². The number of nitriles is 1. The number of nitrogens with one attached hydrogen (secondary N) is 1. The van der Waals surface area contributed by atoms with Crippen LogP contribution in [0.1, 0.15) is 27.9 Å². The third kappa shape index (κ3) is 5.17. The Hall–Kier alpha value is -2.72. The van der Waals surface area contributed by atoms with E-state index in [1.165, 1.54) is 11.8 Å². The minimum Gasteiger partial charge on any atom is -0.493 e. The van der Waals surface area contributed by atoms with Gasteiger partial charge in [-0.15, -0.1) is 0 Å². The summed E-state index contributed by atoms with van der Waals surface area (Å²) in [5.41, 5.74) is 4.41. The number of aromatic nitrogens is 1. The van der Waals surface area contributed by atoms with Gasteiger partial charge in [-0.1, -0.05) is 17.8 Å². The number of carbonyl (C=O) groups is 1. The molecule has 0 saturated carbocycles. The lowest BCUT2D eigenvalue weighted by atomic mass is 10.1. The molecular formula is C21H25N3O3S. The van der Waals surface area contributed by atoms with E-state index in [1.54, 1.807) is 14.2 Å². The number of aryl methyl sites for hydroxylation is 1. The minimum absolute atomic E-state index is 0.0907. The summed E-state index contributed by atoms with van der Waals surface area (Å²) in [6, 6.07) is 7.90. The van der Waals surface area contributed by atoms with Gasteiger partial charge in [-0.25, -0.2) is 4.98 Å². The molecule has 0 atom stereocenters. The highest BCUT2D eigenvalue weighted by Crippen LogP contribution is 2.28. The van der Waals surface area contributed by atoms with Gasteiger partial charge in [-0.2, -0.15) is 5.26 Å². The van der Waals surface area contributed by atoms with Crippen LogP contribution >= 0.6 is 11.8 Å². The molecule has 0 radical (unpaired) electrons. The molecule has 0 unspecified atom stereocenters. The van der Waals surface area contributed by atoms with Gasteiger partial charge in [0.15, 0.2) is 11.5 Å². The maximum atomic E-state index is 12.2. The number of thioether (sulfide) groups is 1. The van der Waals surface area contributed by atoms with Crippen molar-refractivity contribution in [3.63, 3.8) is 0 Å². The van der Waals surface area contributed by atoms with Crippen LogP contribution < -0.4 is 14.8 Å². The lowest BCUT2D eigenvalue weighted by Gasteiger charge is -2.11. The molecular weight excluding hydrogens is 374 g/mol. The van der Waals surface area contributed by atoms with E-state index in [1.807, 2.05) is 39.0 Å². The summed E-state index contributed by atoms with van der Waals surface area (Å²) < 4.78 is 10.5. The highest BCUT2D eigenvalue weighted by Gasteiger charge is 2.14. The van der Waals surface area contributed by atoms with Crippen LogP contribution in [0.25, 0.3) is 0 Å². The number of methoxy groups -OCH3 is 2. The summed E-state index contributed by atoms with van der Waals surface area (Å²) in [7, 11) is 3.19. The molecule has 1 N–H and O–H groups in total. The zero-order valence-corrected chi connectivity index (χ0v) is 17.7. The minimum atomic E-state index is -0.0907. The molecule has 1 amide bonds. The molecule has 0 saturated heterocycles. The smallest absolute Gasteiger partial charge is 0.230 e. The molecule has 0 spiro atoms. The van der Waals surface area contributed by atoms with E-state index in [2.05, 4.69) is 16.4 Å². The van der Waals surface area contributed by atoms with Crippen molar-refractivity contribution < 1.29 is 14.3 Å². The van der Waals surface area contributed by atoms with Gasteiger partial charge in [-0.05, 0) is 56.0 Å². The number of amides is 1. The van der Waals surface area contributed by atoms with Crippen molar-refractivity contribution in [1.29, 1.82) is 5.26 Å². The van der Waals surface area contributed by atoms with Crippen LogP contribution in [0, 0.1) is 32.1 Å². The normalized spacial score (nSPS) is 10.3. The third-order valence-corrected chi connectivity index (χ3v) is 5.57. The van der Waals surface area contributed by atoms with Crippen LogP contribution in [0.4, 0.5) is 0 Å². The van der Waals surface area contributed by atoms with Gasteiger partial charge in [0, 0.05) is 12.2 Å². The molecule has 148 valence electrons. The molecule has 28 heavy (non-hydrogen) atoms. The molecule has 0 aliphatic heterocycles. The van der Waals surface area contributed by atoms with Crippen molar-refractivity contribution in [3.05, 3.63) is 46.1 Å². The molecule has 0 fully saturated rings. The predicted octanol–water partition coefficient (Wildman–Crippen LogP) is 3.35. The molecule has 7 heteroatoms. The number of hydrogen-bond acceptors (Lipinski definition) is 6. The van der Waals surface area contributed by atoms with E-state index in [0.29, 0.717) is 35.1 Å². The fraction of sp³-hybridized carbons (Fsp3) is 0.381. The number of pyridine rings is 1. The van der Waals surface area contributed by atoms with Crippen molar-refractivity contribution in [2.24, 2.45) is 0 Å². The first-order chi connectivity index (χ1) is 13.4. The summed E-state index contributed by atoms with van der Waals surface area (Å²) in [4.78, 5) is 16.7. The Morgan fingerprint density at radius 3 is 2.54 bits per heavy atom. The van der Waals surface area contributed by atoms with Gasteiger partial charge in [-0.3, -0.25) is 4.79 Å². The molecule has 1 heterocycles. The zero-order valence-electron chi connectivity index (χ0n) is 16.9. The molecule has 0 aliphatic carbocycles. The van der Waals surface area contributed by atoms with Crippen molar-refractivity contribution in [3.8, 4) is 17.6 Å². The van der Waals surface area contributed by atoms with Crippen LogP contribution in [0.2, 0.25) is 0 Å². The monoisotopic (exact) mass is 399 g/mol. The number of benzene rings is 1. The van der Waals surface area contributed by atoms with Crippen molar-refractivity contribution in [2.75, 3.05) is 26.5 Å². The highest BCUT2D eigenvalue weighted by atomic mass is 32.2. The van der Waals surface area contributed by atoms with Crippen LogP contribution in [0.15, 0.2) is 23.2 Å². The van der Waals surface area contributed by atoms with Gasteiger partial charge in [0.25, 0.3) is 0 Å². The molecule has 2 aromatic rings. The van der Waals surface area contributed by atoms with E-state index >= 15 is 0 Å². The van der Waals surface area contributed by atoms with Crippen LogP contribution in [0.5, 0.6) is 11.5 Å². The summed E-state index contributed by atoms with van der Waals surface area (Å²) in [6.07, 6.45) is 0.682. The average Bonchev–Trinajstić information content (AvgIpc) is 2.70. The fourth-order valence-corrected chi connectivity index (χ4v) is 3.63. The fourth-order valence-electron chi connectivity index (χ4n) is 2.71. The quantitative estimate of drug-likeness (QED) is 0.686. The zero-order chi connectivity index (χ0) is 20.7. The Balaban J connectivity index is 1.90. The molecule has 1 aromatic heterocycles. The Bertz CT molecular complexity index is 907. The maximum absolute atomic E-state index is 12.2. The number of hydrogen-bond donors (Lipinski definition) is 1. The summed E-state index contributed by atoms with van der Waals surface area (Å²) in [5, 5.41) is 12.9. The number of nitrogens with zero attached hydrogens (tertiary/aromatic N) is 2. The van der Waals surface area contributed by atoms with Crippen LogP contribution in [-0.2, 0) is 11.2 Å². The Morgan fingerprint density at radius 2 is 1.89 bits per heavy atom. The van der Waals surface area contributed by atoms with E-state index in [0.717, 1.165) is 22.4 Å².